The first-order chi connectivity index (χ1) is 7.75. The summed E-state index contributed by atoms with van der Waals surface area (Å²) in [4.78, 5) is 11.8. The van der Waals surface area contributed by atoms with Crippen molar-refractivity contribution in [2.75, 3.05) is 0 Å². The van der Waals surface area contributed by atoms with Crippen LogP contribution in [0.5, 0.6) is 0 Å². The van der Waals surface area contributed by atoms with E-state index in [4.69, 9.17) is 4.74 Å². The summed E-state index contributed by atoms with van der Waals surface area (Å²) >= 11 is 2.21. The molecule has 0 saturated heterocycles. The van der Waals surface area contributed by atoms with Crippen molar-refractivity contribution in [2.24, 2.45) is 0 Å². The molecule has 0 heterocycles. The zero-order valence-corrected chi connectivity index (χ0v) is 11.0. The van der Waals surface area contributed by atoms with Gasteiger partial charge in [0, 0.05) is 3.57 Å². The zero-order valence-electron chi connectivity index (χ0n) is 8.86. The van der Waals surface area contributed by atoms with E-state index in [1.54, 1.807) is 12.1 Å². The van der Waals surface area contributed by atoms with Crippen molar-refractivity contribution in [3.05, 3.63) is 45.6 Å². The van der Waals surface area contributed by atoms with Crippen molar-refractivity contribution < 1.29 is 9.53 Å². The van der Waals surface area contributed by atoms with Gasteiger partial charge in [-0.05, 0) is 72.2 Å². The number of ether oxygens (including phenoxy) is 1. The first kappa shape index (κ1) is 11.6. The molecule has 0 spiro atoms. The van der Waals surface area contributed by atoms with Crippen molar-refractivity contribution in [1.29, 1.82) is 0 Å². The van der Waals surface area contributed by atoms with Crippen molar-refractivity contribution in [3.63, 3.8) is 0 Å². The summed E-state index contributed by atoms with van der Waals surface area (Å²) in [5, 5.41) is 0. The summed E-state index contributed by atoms with van der Waals surface area (Å²) in [5.74, 6) is -0.229. The fraction of sp³-hybridized carbons (Fsp3) is 0.308. The smallest absolute Gasteiger partial charge is 0.338 e. The molecule has 16 heavy (non-hydrogen) atoms. The topological polar surface area (TPSA) is 26.3 Å². The molecule has 0 radical (unpaired) electrons. The van der Waals surface area contributed by atoms with Gasteiger partial charge in [0.05, 0.1) is 5.56 Å². The summed E-state index contributed by atoms with van der Waals surface area (Å²) < 4.78 is 6.51. The van der Waals surface area contributed by atoms with E-state index in [1.807, 2.05) is 18.2 Å². The Hall–Kier alpha value is -0.840. The van der Waals surface area contributed by atoms with E-state index in [0.29, 0.717) is 5.56 Å². The zero-order chi connectivity index (χ0) is 11.4. The van der Waals surface area contributed by atoms with Crippen LogP contribution in [0.15, 0.2) is 36.4 Å². The van der Waals surface area contributed by atoms with Gasteiger partial charge in [0.1, 0.15) is 6.10 Å². The summed E-state index contributed by atoms with van der Waals surface area (Å²) in [6.45, 7) is 0. The van der Waals surface area contributed by atoms with Gasteiger partial charge in [-0.3, -0.25) is 0 Å². The lowest BCUT2D eigenvalue weighted by Gasteiger charge is -2.17. The van der Waals surface area contributed by atoms with E-state index >= 15 is 0 Å². The summed E-state index contributed by atoms with van der Waals surface area (Å²) in [6.07, 6.45) is 7.15. The van der Waals surface area contributed by atoms with Gasteiger partial charge in [-0.2, -0.15) is 0 Å². The maximum absolute atomic E-state index is 11.8. The predicted octanol–water partition coefficient (Wildman–Crippen LogP) is 3.56. The third-order valence-electron chi connectivity index (χ3n) is 2.55. The minimum Gasteiger partial charge on any atom is -0.455 e. The SMILES string of the molecule is O=C(OC1C=CCCC1)c1ccc(I)cc1. The van der Waals surface area contributed by atoms with E-state index in [-0.39, 0.29) is 12.1 Å². The average Bonchev–Trinajstić information content (AvgIpc) is 2.31. The Morgan fingerprint density at radius 2 is 2.06 bits per heavy atom. The highest BCUT2D eigenvalue weighted by molar-refractivity contribution is 14.1. The first-order valence-electron chi connectivity index (χ1n) is 5.39. The summed E-state index contributed by atoms with van der Waals surface area (Å²) in [5.41, 5.74) is 0.624. The van der Waals surface area contributed by atoms with E-state index in [2.05, 4.69) is 28.7 Å². The van der Waals surface area contributed by atoms with E-state index in [9.17, 15) is 4.79 Å². The highest BCUT2D eigenvalue weighted by atomic mass is 127. The highest BCUT2D eigenvalue weighted by Gasteiger charge is 2.14. The molecule has 2 rings (SSSR count). The lowest BCUT2D eigenvalue weighted by molar-refractivity contribution is 0.0370. The third-order valence-corrected chi connectivity index (χ3v) is 3.27. The number of carbonyl (C=O) groups excluding carboxylic acids is 1. The second-order valence-electron chi connectivity index (χ2n) is 3.81. The standard InChI is InChI=1S/C13H13IO2/c14-11-8-6-10(7-9-11)13(15)16-12-4-2-1-3-5-12/h2,4,6-9,12H,1,3,5H2. The Labute approximate surface area is 109 Å². The molecule has 84 valence electrons. The third kappa shape index (κ3) is 3.07. The number of hydrogen-bond acceptors (Lipinski definition) is 2. The van der Waals surface area contributed by atoms with Crippen LogP contribution in [-0.2, 0) is 4.74 Å². The van der Waals surface area contributed by atoms with Crippen LogP contribution in [0.4, 0.5) is 0 Å². The molecule has 1 atom stereocenters. The number of allylic oxidation sites excluding steroid dienone is 1. The highest BCUT2D eigenvalue weighted by Crippen LogP contribution is 2.16. The summed E-state index contributed by atoms with van der Waals surface area (Å²) in [7, 11) is 0. The second kappa shape index (κ2) is 5.48. The van der Waals surface area contributed by atoms with Crippen LogP contribution in [0.1, 0.15) is 29.6 Å². The quantitative estimate of drug-likeness (QED) is 0.471. The lowest BCUT2D eigenvalue weighted by atomic mass is 10.1. The molecule has 3 heteroatoms. The molecule has 1 aliphatic rings. The van der Waals surface area contributed by atoms with Gasteiger partial charge < -0.3 is 4.74 Å². The van der Waals surface area contributed by atoms with Crippen LogP contribution in [0.2, 0.25) is 0 Å². The minimum atomic E-state index is -0.229. The molecule has 0 aliphatic heterocycles. The molecule has 1 aromatic rings. The van der Waals surface area contributed by atoms with Crippen LogP contribution >= 0.6 is 22.6 Å². The number of esters is 1. The van der Waals surface area contributed by atoms with Crippen LogP contribution in [-0.4, -0.2) is 12.1 Å². The number of benzene rings is 1. The number of hydrogen-bond donors (Lipinski definition) is 0. The molecule has 0 N–H and O–H groups in total. The van der Waals surface area contributed by atoms with E-state index < -0.39 is 0 Å². The molecule has 0 fully saturated rings. The van der Waals surface area contributed by atoms with Crippen LogP contribution in [0.25, 0.3) is 0 Å². The molecule has 1 unspecified atom stereocenters. The van der Waals surface area contributed by atoms with Crippen LogP contribution < -0.4 is 0 Å². The molecule has 1 aromatic carbocycles. The van der Waals surface area contributed by atoms with E-state index in [1.165, 1.54) is 0 Å². The van der Waals surface area contributed by atoms with Crippen molar-refractivity contribution >= 4 is 28.6 Å². The maximum atomic E-state index is 11.8. The first-order valence-corrected chi connectivity index (χ1v) is 6.47. The molecule has 2 nitrogen and oxygen atoms in total. The van der Waals surface area contributed by atoms with Gasteiger partial charge in [0.25, 0.3) is 0 Å². The van der Waals surface area contributed by atoms with E-state index in [0.717, 1.165) is 22.8 Å². The largest absolute Gasteiger partial charge is 0.455 e. The second-order valence-corrected chi connectivity index (χ2v) is 5.06. The Kier molecular flexibility index (Phi) is 3.98. The van der Waals surface area contributed by atoms with Crippen molar-refractivity contribution in [2.45, 2.75) is 25.4 Å². The van der Waals surface area contributed by atoms with Gasteiger partial charge in [-0.15, -0.1) is 0 Å². The maximum Gasteiger partial charge on any atom is 0.338 e. The molecule has 0 amide bonds. The van der Waals surface area contributed by atoms with Crippen molar-refractivity contribution in [3.8, 4) is 0 Å². The monoisotopic (exact) mass is 328 g/mol. The van der Waals surface area contributed by atoms with Crippen molar-refractivity contribution in [1.82, 2.24) is 0 Å². The molecule has 0 bridgehead atoms. The Morgan fingerprint density at radius 1 is 1.31 bits per heavy atom. The van der Waals surface area contributed by atoms with Gasteiger partial charge in [-0.25, -0.2) is 4.79 Å². The molecule has 0 saturated carbocycles. The van der Waals surface area contributed by atoms with Gasteiger partial charge in [-0.1, -0.05) is 6.08 Å². The fourth-order valence-corrected chi connectivity index (χ4v) is 2.03. The Balaban J connectivity index is 1.99. The average molecular weight is 328 g/mol. The predicted molar refractivity (Wildman–Crippen MR) is 71.4 cm³/mol. The Bertz CT molecular complexity index is 395. The molecule has 0 aromatic heterocycles. The number of rotatable bonds is 2. The van der Waals surface area contributed by atoms with Crippen LogP contribution in [0.3, 0.4) is 0 Å². The molecular formula is C13H13IO2. The normalized spacial score (nSPS) is 19.4. The summed E-state index contributed by atoms with van der Waals surface area (Å²) in [6, 6.07) is 7.43. The van der Waals surface area contributed by atoms with Gasteiger partial charge >= 0.3 is 5.97 Å². The molecule has 1 aliphatic carbocycles. The Morgan fingerprint density at radius 3 is 2.69 bits per heavy atom. The fourth-order valence-electron chi connectivity index (χ4n) is 1.67. The lowest BCUT2D eigenvalue weighted by Crippen LogP contribution is -2.17. The number of carbonyl (C=O) groups is 1. The van der Waals surface area contributed by atoms with Gasteiger partial charge in [0.15, 0.2) is 0 Å². The molecular weight excluding hydrogens is 315 g/mol. The number of halogens is 1. The van der Waals surface area contributed by atoms with Gasteiger partial charge in [0.2, 0.25) is 0 Å². The minimum absolute atomic E-state index is 0.0412. The van der Waals surface area contributed by atoms with Crippen LogP contribution in [0, 0.1) is 3.57 Å².